The number of nitrogens with one attached hydrogen (secondary N) is 1. The summed E-state index contributed by atoms with van der Waals surface area (Å²) < 4.78 is 37.3. The molecule has 1 unspecified atom stereocenters. The van der Waals surface area contributed by atoms with Gasteiger partial charge in [-0.05, 0) is 43.5 Å². The van der Waals surface area contributed by atoms with Gasteiger partial charge in [0, 0.05) is 18.9 Å². The van der Waals surface area contributed by atoms with Crippen molar-refractivity contribution in [2.24, 2.45) is 0 Å². The molecular weight excluding hydrogens is 279 g/mol. The molecule has 1 saturated heterocycles. The normalized spacial score (nSPS) is 19.5. The van der Waals surface area contributed by atoms with Gasteiger partial charge in [0.1, 0.15) is 5.78 Å². The smallest absolute Gasteiger partial charge is 0.314 e. The molecule has 21 heavy (non-hydrogen) atoms. The molecule has 2 rings (SSSR count). The van der Waals surface area contributed by atoms with Gasteiger partial charge in [0.2, 0.25) is 0 Å². The number of halogens is 3. The number of rotatable bonds is 5. The molecule has 5 heteroatoms. The second kappa shape index (κ2) is 7.07. The molecule has 116 valence electrons. The lowest BCUT2D eigenvalue weighted by molar-refractivity contribution is -0.137. The second-order valence-corrected chi connectivity index (χ2v) is 5.60. The van der Waals surface area contributed by atoms with Crippen LogP contribution in [0.1, 0.15) is 43.2 Å². The molecule has 1 aliphatic heterocycles. The van der Waals surface area contributed by atoms with Gasteiger partial charge in [-0.3, -0.25) is 4.79 Å². The number of benzene rings is 1. The highest BCUT2D eigenvalue weighted by molar-refractivity contribution is 5.80. The van der Waals surface area contributed by atoms with E-state index < -0.39 is 11.7 Å². The summed E-state index contributed by atoms with van der Waals surface area (Å²) in [6.45, 7) is 1.01. The highest BCUT2D eigenvalue weighted by Crippen LogP contribution is 2.29. The Balaban J connectivity index is 1.79. The lowest BCUT2D eigenvalue weighted by atomic mass is 9.97. The minimum absolute atomic E-state index is 0.0853. The summed E-state index contributed by atoms with van der Waals surface area (Å²) in [4.78, 5) is 11.9. The summed E-state index contributed by atoms with van der Waals surface area (Å²) in [5, 5.41) is 3.39. The highest BCUT2D eigenvalue weighted by Gasteiger charge is 2.29. The molecule has 0 radical (unpaired) electrons. The second-order valence-electron chi connectivity index (χ2n) is 5.60. The zero-order chi connectivity index (χ0) is 15.3. The van der Waals surface area contributed by atoms with Gasteiger partial charge in [0.15, 0.2) is 0 Å². The number of alkyl halides is 3. The van der Waals surface area contributed by atoms with Crippen LogP contribution in [0.5, 0.6) is 0 Å². The van der Waals surface area contributed by atoms with Crippen LogP contribution < -0.4 is 5.32 Å². The van der Waals surface area contributed by atoms with Crippen LogP contribution in [0.15, 0.2) is 24.3 Å². The van der Waals surface area contributed by atoms with E-state index in [-0.39, 0.29) is 12.2 Å². The summed E-state index contributed by atoms with van der Waals surface area (Å²) in [5.74, 6) is 0.0853. The Morgan fingerprint density at radius 2 is 1.90 bits per heavy atom. The number of hydrogen-bond donors (Lipinski definition) is 1. The fraction of sp³-hybridized carbons (Fsp3) is 0.562. The van der Waals surface area contributed by atoms with Crippen LogP contribution in [0.25, 0.3) is 0 Å². The summed E-state index contributed by atoms with van der Waals surface area (Å²) in [6.07, 6.45) is 0.687. The predicted molar refractivity (Wildman–Crippen MR) is 75.0 cm³/mol. The molecule has 1 aliphatic rings. The summed E-state index contributed by atoms with van der Waals surface area (Å²) >= 11 is 0. The van der Waals surface area contributed by atoms with Gasteiger partial charge >= 0.3 is 6.18 Å². The zero-order valence-corrected chi connectivity index (χ0v) is 11.9. The molecule has 1 aromatic carbocycles. The van der Waals surface area contributed by atoms with Crippen LogP contribution in [-0.2, 0) is 17.4 Å². The van der Waals surface area contributed by atoms with Crippen LogP contribution in [0.4, 0.5) is 13.2 Å². The molecule has 1 N–H and O–H groups in total. The molecule has 0 aromatic heterocycles. The molecule has 0 bridgehead atoms. The SMILES string of the molecule is O=C(CCC1CCCCN1)Cc1ccc(C(F)(F)F)cc1. The number of ketones is 1. The molecule has 0 saturated carbocycles. The highest BCUT2D eigenvalue weighted by atomic mass is 19.4. The molecular formula is C16H20F3NO. The Morgan fingerprint density at radius 3 is 2.48 bits per heavy atom. The Bertz CT molecular complexity index is 461. The predicted octanol–water partition coefficient (Wildman–Crippen LogP) is 3.74. The van der Waals surface area contributed by atoms with Crippen LogP contribution in [0, 0.1) is 0 Å². The topological polar surface area (TPSA) is 29.1 Å². The van der Waals surface area contributed by atoms with Crippen molar-refractivity contribution in [3.8, 4) is 0 Å². The fourth-order valence-electron chi connectivity index (χ4n) is 2.63. The quantitative estimate of drug-likeness (QED) is 0.897. The Labute approximate surface area is 122 Å². The van der Waals surface area contributed by atoms with Gasteiger partial charge in [0.05, 0.1) is 5.56 Å². The average Bonchev–Trinajstić information content (AvgIpc) is 2.46. The Hall–Kier alpha value is -1.36. The maximum Gasteiger partial charge on any atom is 0.416 e. The Morgan fingerprint density at radius 1 is 1.19 bits per heavy atom. The lowest BCUT2D eigenvalue weighted by Gasteiger charge is -2.22. The largest absolute Gasteiger partial charge is 0.416 e. The van der Waals surface area contributed by atoms with E-state index in [1.807, 2.05) is 0 Å². The number of Topliss-reactive ketones (excluding diaryl/α,β-unsaturated/α-hetero) is 1. The zero-order valence-electron chi connectivity index (χ0n) is 11.9. The summed E-state index contributed by atoms with van der Waals surface area (Å²) in [7, 11) is 0. The van der Waals surface area contributed by atoms with E-state index in [1.165, 1.54) is 25.0 Å². The first-order valence-corrected chi connectivity index (χ1v) is 7.36. The van der Waals surface area contributed by atoms with Crippen molar-refractivity contribution in [2.45, 2.75) is 50.7 Å². The minimum Gasteiger partial charge on any atom is -0.314 e. The van der Waals surface area contributed by atoms with Gasteiger partial charge in [-0.1, -0.05) is 18.6 Å². The minimum atomic E-state index is -4.32. The average molecular weight is 299 g/mol. The molecule has 0 aliphatic carbocycles. The van der Waals surface area contributed by atoms with Crippen molar-refractivity contribution in [3.05, 3.63) is 35.4 Å². The molecule has 2 nitrogen and oxygen atoms in total. The van der Waals surface area contributed by atoms with Crippen LogP contribution >= 0.6 is 0 Å². The first kappa shape index (κ1) is 16.0. The van der Waals surface area contributed by atoms with Gasteiger partial charge in [-0.25, -0.2) is 0 Å². The lowest BCUT2D eigenvalue weighted by Crippen LogP contribution is -2.34. The fourth-order valence-corrected chi connectivity index (χ4v) is 2.63. The van der Waals surface area contributed by atoms with Crippen LogP contribution in [-0.4, -0.2) is 18.4 Å². The summed E-state index contributed by atoms with van der Waals surface area (Å²) in [6, 6.07) is 5.26. The molecule has 1 heterocycles. The van der Waals surface area contributed by atoms with Crippen LogP contribution in [0.2, 0.25) is 0 Å². The maximum atomic E-state index is 12.4. The third-order valence-corrected chi connectivity index (χ3v) is 3.87. The van der Waals surface area contributed by atoms with E-state index in [0.717, 1.165) is 31.5 Å². The van der Waals surface area contributed by atoms with Crippen molar-refractivity contribution >= 4 is 5.78 Å². The number of piperidine rings is 1. The monoisotopic (exact) mass is 299 g/mol. The van der Waals surface area contributed by atoms with Gasteiger partial charge in [0.25, 0.3) is 0 Å². The maximum absolute atomic E-state index is 12.4. The van der Waals surface area contributed by atoms with E-state index in [4.69, 9.17) is 0 Å². The first-order chi connectivity index (χ1) is 9.95. The van der Waals surface area contributed by atoms with Gasteiger partial charge < -0.3 is 5.32 Å². The molecule has 0 spiro atoms. The van der Waals surface area contributed by atoms with E-state index >= 15 is 0 Å². The van der Waals surface area contributed by atoms with Crippen LogP contribution in [0.3, 0.4) is 0 Å². The van der Waals surface area contributed by atoms with Crippen molar-refractivity contribution in [1.29, 1.82) is 0 Å². The van der Waals surface area contributed by atoms with Crippen molar-refractivity contribution < 1.29 is 18.0 Å². The molecule has 1 fully saturated rings. The van der Waals surface area contributed by atoms with Crippen molar-refractivity contribution in [2.75, 3.05) is 6.54 Å². The molecule has 1 aromatic rings. The van der Waals surface area contributed by atoms with Crippen molar-refractivity contribution in [1.82, 2.24) is 5.32 Å². The number of carbonyl (C=O) groups is 1. The van der Waals surface area contributed by atoms with E-state index in [2.05, 4.69) is 5.32 Å². The summed E-state index contributed by atoms with van der Waals surface area (Å²) in [5.41, 5.74) is -0.0327. The number of hydrogen-bond acceptors (Lipinski definition) is 2. The third-order valence-electron chi connectivity index (χ3n) is 3.87. The Kier molecular flexibility index (Phi) is 5.39. The van der Waals surface area contributed by atoms with E-state index in [1.54, 1.807) is 0 Å². The van der Waals surface area contributed by atoms with Gasteiger partial charge in [-0.2, -0.15) is 13.2 Å². The third kappa shape index (κ3) is 5.16. The van der Waals surface area contributed by atoms with Gasteiger partial charge in [-0.15, -0.1) is 0 Å². The molecule has 1 atom stereocenters. The molecule has 0 amide bonds. The van der Waals surface area contributed by atoms with E-state index in [9.17, 15) is 18.0 Å². The van der Waals surface area contributed by atoms with Crippen molar-refractivity contribution in [3.63, 3.8) is 0 Å². The first-order valence-electron chi connectivity index (χ1n) is 7.36. The van der Waals surface area contributed by atoms with E-state index in [0.29, 0.717) is 18.0 Å². The number of carbonyl (C=O) groups excluding carboxylic acids is 1. The standard InChI is InChI=1S/C16H20F3NO/c17-16(18,19)13-6-4-12(5-7-13)11-15(21)9-8-14-3-1-2-10-20-14/h4-7,14,20H,1-3,8-11H2.